The van der Waals surface area contributed by atoms with Crippen LogP contribution in [0.5, 0.6) is 5.75 Å². The van der Waals surface area contributed by atoms with E-state index in [1.807, 2.05) is 38.1 Å². The number of aryl methyl sites for hydroxylation is 1. The second-order valence-corrected chi connectivity index (χ2v) is 6.90. The highest BCUT2D eigenvalue weighted by molar-refractivity contribution is 6.47. The molecule has 2 aromatic carbocycles. The Kier molecular flexibility index (Phi) is 4.66. The van der Waals surface area contributed by atoms with E-state index < -0.39 is 11.8 Å². The summed E-state index contributed by atoms with van der Waals surface area (Å²) in [5.41, 5.74) is 2.82. The maximum Gasteiger partial charge on any atom is 0.332 e. The van der Waals surface area contributed by atoms with Gasteiger partial charge in [-0.2, -0.15) is 0 Å². The van der Waals surface area contributed by atoms with Gasteiger partial charge in [0.25, 0.3) is 5.78 Å². The van der Waals surface area contributed by atoms with Crippen molar-refractivity contribution in [1.82, 2.24) is 4.57 Å². The highest BCUT2D eigenvalue weighted by Crippen LogP contribution is 2.41. The van der Waals surface area contributed by atoms with Gasteiger partial charge in [-0.05, 0) is 48.8 Å². The van der Waals surface area contributed by atoms with Gasteiger partial charge in [0.2, 0.25) is 0 Å². The molecule has 148 valence electrons. The molecule has 1 aromatic heterocycles. The van der Waals surface area contributed by atoms with Gasteiger partial charge >= 0.3 is 11.9 Å². The number of ketones is 2. The van der Waals surface area contributed by atoms with Gasteiger partial charge in [-0.3, -0.25) is 9.59 Å². The number of rotatable bonds is 5. The third-order valence-corrected chi connectivity index (χ3v) is 4.99. The molecular formula is C22H20N2O5. The molecule has 0 fully saturated rings. The standard InChI is InChI=1S/C22H20N2O5/c1-4-6-18(26)13-7-9-16-15(11-13)19-17(24(16)5-2)10-8-14-20(27)22(28-21(14)19)23-29-12(3)25/h7-11H,4-6H2,1-3H3/b23-22-. The summed E-state index contributed by atoms with van der Waals surface area (Å²) < 4.78 is 7.83. The van der Waals surface area contributed by atoms with Crippen LogP contribution in [0.3, 0.4) is 0 Å². The Morgan fingerprint density at radius 1 is 1.14 bits per heavy atom. The number of nitrogens with zero attached hydrogens (tertiary/aromatic N) is 2. The van der Waals surface area contributed by atoms with E-state index in [4.69, 9.17) is 4.74 Å². The second-order valence-electron chi connectivity index (χ2n) is 6.90. The smallest absolute Gasteiger partial charge is 0.332 e. The molecule has 2 heterocycles. The zero-order valence-electron chi connectivity index (χ0n) is 16.4. The molecule has 29 heavy (non-hydrogen) atoms. The summed E-state index contributed by atoms with van der Waals surface area (Å²) in [6.45, 7) is 5.90. The summed E-state index contributed by atoms with van der Waals surface area (Å²) in [7, 11) is 0. The van der Waals surface area contributed by atoms with E-state index in [2.05, 4.69) is 14.6 Å². The van der Waals surface area contributed by atoms with Crippen LogP contribution >= 0.6 is 0 Å². The molecule has 0 unspecified atom stereocenters. The van der Waals surface area contributed by atoms with Crippen molar-refractivity contribution in [3.63, 3.8) is 0 Å². The van der Waals surface area contributed by atoms with E-state index in [0.29, 0.717) is 29.8 Å². The van der Waals surface area contributed by atoms with Crippen LogP contribution in [-0.4, -0.2) is 28.0 Å². The lowest BCUT2D eigenvalue weighted by atomic mass is 10.0. The molecule has 7 nitrogen and oxygen atoms in total. The molecule has 1 aliphatic rings. The SMILES string of the molecule is CCCC(=O)c1ccc2c(c1)c1c3c(ccc1n2CC)C(=O)/C(=N/OC(C)=O)O3. The summed E-state index contributed by atoms with van der Waals surface area (Å²) in [6, 6.07) is 9.17. The van der Waals surface area contributed by atoms with Crippen LogP contribution in [0.25, 0.3) is 21.8 Å². The van der Waals surface area contributed by atoms with Gasteiger partial charge in [-0.25, -0.2) is 4.79 Å². The Hall–Kier alpha value is -3.48. The fraction of sp³-hybridized carbons (Fsp3) is 0.273. The molecule has 0 bridgehead atoms. The minimum absolute atomic E-state index is 0.0773. The molecule has 0 saturated heterocycles. The van der Waals surface area contributed by atoms with Gasteiger partial charge < -0.3 is 14.1 Å². The van der Waals surface area contributed by atoms with E-state index in [1.54, 1.807) is 6.07 Å². The van der Waals surface area contributed by atoms with E-state index in [0.717, 1.165) is 28.2 Å². The zero-order valence-corrected chi connectivity index (χ0v) is 16.4. The first-order valence-corrected chi connectivity index (χ1v) is 9.56. The third-order valence-electron chi connectivity index (χ3n) is 4.99. The number of fused-ring (bicyclic) bond motifs is 5. The van der Waals surface area contributed by atoms with E-state index in [9.17, 15) is 14.4 Å². The summed E-state index contributed by atoms with van der Waals surface area (Å²) in [6.07, 6.45) is 1.25. The fourth-order valence-corrected chi connectivity index (χ4v) is 3.75. The number of oxime groups is 1. The summed E-state index contributed by atoms with van der Waals surface area (Å²) in [4.78, 5) is 40.7. The molecule has 0 aliphatic carbocycles. The lowest BCUT2D eigenvalue weighted by Crippen LogP contribution is -2.13. The van der Waals surface area contributed by atoms with Crippen molar-refractivity contribution < 1.29 is 24.0 Å². The number of hydrogen-bond acceptors (Lipinski definition) is 6. The van der Waals surface area contributed by atoms with Gasteiger partial charge in [0, 0.05) is 36.4 Å². The van der Waals surface area contributed by atoms with Crippen LogP contribution in [0, 0.1) is 0 Å². The number of Topliss-reactive ketones (excluding diaryl/α,β-unsaturated/α-hetero) is 2. The number of hydrogen-bond donors (Lipinski definition) is 0. The minimum atomic E-state index is -0.642. The largest absolute Gasteiger partial charge is 0.432 e. The Labute approximate surface area is 166 Å². The molecule has 0 amide bonds. The molecule has 0 spiro atoms. The van der Waals surface area contributed by atoms with Gasteiger partial charge in [-0.15, -0.1) is 0 Å². The van der Waals surface area contributed by atoms with Crippen LogP contribution in [0.15, 0.2) is 35.5 Å². The number of benzene rings is 2. The Bertz CT molecular complexity index is 1220. The Balaban J connectivity index is 1.96. The topological polar surface area (TPSA) is 87.0 Å². The maximum atomic E-state index is 12.6. The molecule has 1 aliphatic heterocycles. The van der Waals surface area contributed by atoms with Crippen molar-refractivity contribution >= 4 is 45.2 Å². The van der Waals surface area contributed by atoms with Crippen LogP contribution in [0.2, 0.25) is 0 Å². The molecule has 4 rings (SSSR count). The van der Waals surface area contributed by atoms with Crippen LogP contribution in [0.4, 0.5) is 0 Å². The van der Waals surface area contributed by atoms with Crippen molar-refractivity contribution in [2.24, 2.45) is 5.16 Å². The van der Waals surface area contributed by atoms with Crippen molar-refractivity contribution in [3.05, 3.63) is 41.5 Å². The van der Waals surface area contributed by atoms with E-state index in [1.165, 1.54) is 6.92 Å². The molecule has 7 heteroatoms. The quantitative estimate of drug-likeness (QED) is 0.368. The molecule has 0 radical (unpaired) electrons. The number of carbonyl (C=O) groups excluding carboxylic acids is 3. The van der Waals surface area contributed by atoms with Gasteiger partial charge in [0.1, 0.15) is 0 Å². The first kappa shape index (κ1) is 18.9. The lowest BCUT2D eigenvalue weighted by molar-refractivity contribution is -0.141. The Morgan fingerprint density at radius 3 is 2.59 bits per heavy atom. The van der Waals surface area contributed by atoms with Gasteiger partial charge in [0.05, 0.1) is 16.5 Å². The number of aromatic nitrogens is 1. The predicted octanol–water partition coefficient (Wildman–Crippen LogP) is 4.25. The average Bonchev–Trinajstić information content (AvgIpc) is 3.20. The molecular weight excluding hydrogens is 372 g/mol. The summed E-state index contributed by atoms with van der Waals surface area (Å²) in [5.74, 6) is -0.919. The minimum Gasteiger partial charge on any atom is -0.432 e. The zero-order chi connectivity index (χ0) is 20.7. The summed E-state index contributed by atoms with van der Waals surface area (Å²) >= 11 is 0. The van der Waals surface area contributed by atoms with Crippen molar-refractivity contribution in [3.8, 4) is 5.75 Å². The first-order chi connectivity index (χ1) is 14.0. The molecule has 0 atom stereocenters. The normalized spacial score (nSPS) is 14.4. The highest BCUT2D eigenvalue weighted by Gasteiger charge is 2.33. The molecule has 0 saturated carbocycles. The van der Waals surface area contributed by atoms with Crippen molar-refractivity contribution in [2.45, 2.75) is 40.2 Å². The van der Waals surface area contributed by atoms with E-state index in [-0.39, 0.29) is 11.7 Å². The van der Waals surface area contributed by atoms with Gasteiger partial charge in [-0.1, -0.05) is 6.92 Å². The van der Waals surface area contributed by atoms with Crippen LogP contribution in [-0.2, 0) is 16.2 Å². The lowest BCUT2D eigenvalue weighted by Gasteiger charge is -2.04. The average molecular weight is 392 g/mol. The number of ether oxygens (including phenoxy) is 1. The summed E-state index contributed by atoms with van der Waals surface area (Å²) in [5, 5.41) is 5.11. The van der Waals surface area contributed by atoms with Crippen LogP contribution in [0.1, 0.15) is 54.3 Å². The van der Waals surface area contributed by atoms with Crippen molar-refractivity contribution in [2.75, 3.05) is 0 Å². The molecule has 3 aromatic rings. The second kappa shape index (κ2) is 7.16. The number of carbonyl (C=O) groups is 3. The van der Waals surface area contributed by atoms with E-state index >= 15 is 0 Å². The third kappa shape index (κ3) is 2.99. The fourth-order valence-electron chi connectivity index (χ4n) is 3.75. The first-order valence-electron chi connectivity index (χ1n) is 9.56. The van der Waals surface area contributed by atoms with Crippen LogP contribution < -0.4 is 4.74 Å². The highest BCUT2D eigenvalue weighted by atomic mass is 16.7. The maximum absolute atomic E-state index is 12.6. The predicted molar refractivity (Wildman–Crippen MR) is 109 cm³/mol. The molecule has 0 N–H and O–H groups in total. The van der Waals surface area contributed by atoms with Crippen molar-refractivity contribution in [1.29, 1.82) is 0 Å². The van der Waals surface area contributed by atoms with Gasteiger partial charge in [0.15, 0.2) is 11.5 Å². The monoisotopic (exact) mass is 392 g/mol. The Morgan fingerprint density at radius 2 is 1.90 bits per heavy atom.